The molecule has 0 aliphatic carbocycles. The topological polar surface area (TPSA) is 0 Å². The quantitative estimate of drug-likeness (QED) is 0.584. The van der Waals surface area contributed by atoms with Gasteiger partial charge in [-0.2, -0.15) is 0 Å². The highest BCUT2D eigenvalue weighted by Gasteiger charge is 2.20. The van der Waals surface area contributed by atoms with Crippen LogP contribution in [-0.4, -0.2) is 9.52 Å². The number of benzene rings is 2. The summed E-state index contributed by atoms with van der Waals surface area (Å²) in [5, 5.41) is 3.10. The van der Waals surface area contributed by atoms with Gasteiger partial charge in [-0.15, -0.1) is 0 Å². The highest BCUT2D eigenvalue weighted by atomic mass is 28.2. The van der Waals surface area contributed by atoms with Crippen molar-refractivity contribution in [2.24, 2.45) is 0 Å². The van der Waals surface area contributed by atoms with Gasteiger partial charge in [-0.05, 0) is 28.3 Å². The molecule has 0 nitrogen and oxygen atoms in total. The summed E-state index contributed by atoms with van der Waals surface area (Å²) >= 11 is 0. The van der Waals surface area contributed by atoms with Gasteiger partial charge in [-0.1, -0.05) is 61.0 Å². The summed E-state index contributed by atoms with van der Waals surface area (Å²) < 4.78 is 0. The molecule has 16 heavy (non-hydrogen) atoms. The molecule has 2 aromatic rings. The van der Waals surface area contributed by atoms with Crippen molar-refractivity contribution in [3.05, 3.63) is 48.0 Å². The predicted octanol–water partition coefficient (Wildman–Crippen LogP) is 2.27. The molecule has 0 amide bonds. The maximum absolute atomic E-state index is 2.29. The Morgan fingerprint density at radius 1 is 0.938 bits per heavy atom. The van der Waals surface area contributed by atoms with Crippen molar-refractivity contribution in [2.45, 2.75) is 19.8 Å². The lowest BCUT2D eigenvalue weighted by Crippen LogP contribution is -2.24. The molecule has 0 aromatic heterocycles. The Morgan fingerprint density at radius 2 is 1.75 bits per heavy atom. The minimum atomic E-state index is 0.859. The molecule has 0 unspecified atom stereocenters. The maximum Gasteiger partial charge on any atom is 0.123 e. The summed E-state index contributed by atoms with van der Waals surface area (Å²) in [6.45, 7) is 2.25. The lowest BCUT2D eigenvalue weighted by molar-refractivity contribution is 0.927. The van der Waals surface area contributed by atoms with Crippen molar-refractivity contribution in [1.29, 1.82) is 0 Å². The maximum atomic E-state index is 2.29. The van der Waals surface area contributed by atoms with Crippen LogP contribution in [0.1, 0.15) is 18.9 Å². The van der Waals surface area contributed by atoms with Gasteiger partial charge in [0, 0.05) is 0 Å². The zero-order valence-electron chi connectivity index (χ0n) is 9.46. The Hall–Kier alpha value is -1.34. The van der Waals surface area contributed by atoms with Gasteiger partial charge >= 0.3 is 0 Å². The Morgan fingerprint density at radius 3 is 2.62 bits per heavy atom. The monoisotopic (exact) mass is 222 g/mol. The van der Waals surface area contributed by atoms with E-state index >= 15 is 0 Å². The smallest absolute Gasteiger partial charge is 0.0651 e. The molecule has 1 heterocycles. The molecular formula is C15H14Si. The van der Waals surface area contributed by atoms with Gasteiger partial charge in [0.1, 0.15) is 9.52 Å². The van der Waals surface area contributed by atoms with Gasteiger partial charge in [-0.3, -0.25) is 0 Å². The first kappa shape index (κ1) is 9.85. The average molecular weight is 222 g/mol. The van der Waals surface area contributed by atoms with E-state index in [0.29, 0.717) is 0 Å². The molecule has 78 valence electrons. The standard InChI is InChI=1S/C15H14Si/c1-2-6-11-7-5-9-13-12-8-3-4-10-14(12)16-15(11)13/h3-5,7-10H,2,6H2,1H3. The number of fused-ring (bicyclic) bond motifs is 3. The first-order valence-corrected chi connectivity index (χ1v) is 6.88. The van der Waals surface area contributed by atoms with Gasteiger partial charge in [0.25, 0.3) is 0 Å². The third-order valence-corrected chi connectivity index (χ3v) is 4.69. The van der Waals surface area contributed by atoms with Crippen LogP contribution >= 0.6 is 0 Å². The summed E-state index contributed by atoms with van der Waals surface area (Å²) in [6, 6.07) is 15.6. The van der Waals surface area contributed by atoms with Crippen LogP contribution in [0.3, 0.4) is 0 Å². The number of rotatable bonds is 2. The fourth-order valence-corrected chi connectivity index (χ4v) is 3.93. The molecule has 0 fully saturated rings. The first-order chi connectivity index (χ1) is 7.90. The molecule has 3 rings (SSSR count). The molecule has 0 saturated heterocycles. The van der Waals surface area contributed by atoms with E-state index in [2.05, 4.69) is 49.4 Å². The number of hydrogen-bond acceptors (Lipinski definition) is 0. The normalized spacial score (nSPS) is 12.3. The van der Waals surface area contributed by atoms with Crippen LogP contribution in [0, 0.1) is 0 Å². The van der Waals surface area contributed by atoms with Gasteiger partial charge in [0.2, 0.25) is 0 Å². The van der Waals surface area contributed by atoms with E-state index in [-0.39, 0.29) is 0 Å². The van der Waals surface area contributed by atoms with Crippen molar-refractivity contribution in [1.82, 2.24) is 0 Å². The Balaban J connectivity index is 2.16. The second-order valence-corrected chi connectivity index (χ2v) is 5.55. The fraction of sp³-hybridized carbons (Fsp3) is 0.200. The van der Waals surface area contributed by atoms with Crippen LogP contribution in [0.2, 0.25) is 0 Å². The molecule has 1 aliphatic rings. The number of aryl methyl sites for hydroxylation is 1. The van der Waals surface area contributed by atoms with Crippen molar-refractivity contribution in [3.8, 4) is 11.1 Å². The Labute approximate surface area is 99.2 Å². The first-order valence-electron chi connectivity index (χ1n) is 5.88. The predicted molar refractivity (Wildman–Crippen MR) is 70.9 cm³/mol. The molecule has 2 aromatic carbocycles. The number of hydrogen-bond donors (Lipinski definition) is 0. The van der Waals surface area contributed by atoms with E-state index in [1.54, 1.807) is 10.8 Å². The van der Waals surface area contributed by atoms with E-state index < -0.39 is 0 Å². The molecule has 0 bridgehead atoms. The Kier molecular flexibility index (Phi) is 2.41. The molecule has 2 radical (unpaired) electrons. The molecule has 0 N–H and O–H groups in total. The van der Waals surface area contributed by atoms with Gasteiger partial charge in [-0.25, -0.2) is 0 Å². The second kappa shape index (κ2) is 3.91. The summed E-state index contributed by atoms with van der Waals surface area (Å²) in [6.07, 6.45) is 2.45. The summed E-state index contributed by atoms with van der Waals surface area (Å²) in [5.74, 6) is 0. The van der Waals surface area contributed by atoms with Crippen molar-refractivity contribution < 1.29 is 0 Å². The molecule has 1 aliphatic heterocycles. The summed E-state index contributed by atoms with van der Waals surface area (Å²) in [4.78, 5) is 0. The van der Waals surface area contributed by atoms with E-state index in [4.69, 9.17) is 0 Å². The van der Waals surface area contributed by atoms with E-state index in [1.807, 2.05) is 0 Å². The third kappa shape index (κ3) is 1.43. The van der Waals surface area contributed by atoms with E-state index in [0.717, 1.165) is 9.52 Å². The molecule has 0 saturated carbocycles. The minimum absolute atomic E-state index is 0.859. The molecular weight excluding hydrogens is 208 g/mol. The SMILES string of the molecule is CCCc1cccc2c1[Si]c1ccccc1-2. The van der Waals surface area contributed by atoms with Crippen LogP contribution in [0.4, 0.5) is 0 Å². The Bertz CT molecular complexity index is 529. The third-order valence-electron chi connectivity index (χ3n) is 3.15. The van der Waals surface area contributed by atoms with Gasteiger partial charge in [0.05, 0.1) is 0 Å². The van der Waals surface area contributed by atoms with Crippen LogP contribution in [0.5, 0.6) is 0 Å². The second-order valence-electron chi connectivity index (χ2n) is 4.26. The summed E-state index contributed by atoms with van der Waals surface area (Å²) in [5.41, 5.74) is 4.48. The van der Waals surface area contributed by atoms with Gasteiger partial charge < -0.3 is 0 Å². The van der Waals surface area contributed by atoms with E-state index in [1.165, 1.54) is 29.2 Å². The zero-order valence-corrected chi connectivity index (χ0v) is 10.5. The molecule has 0 atom stereocenters. The minimum Gasteiger partial charge on any atom is -0.0651 e. The van der Waals surface area contributed by atoms with Crippen LogP contribution in [-0.2, 0) is 6.42 Å². The van der Waals surface area contributed by atoms with Crippen molar-refractivity contribution >= 4 is 19.9 Å². The fourth-order valence-electron chi connectivity index (χ4n) is 2.41. The van der Waals surface area contributed by atoms with Crippen LogP contribution < -0.4 is 10.4 Å². The highest BCUT2D eigenvalue weighted by molar-refractivity contribution is 6.73. The van der Waals surface area contributed by atoms with Crippen LogP contribution in [0.15, 0.2) is 42.5 Å². The summed E-state index contributed by atoms with van der Waals surface area (Å²) in [7, 11) is 0.859. The van der Waals surface area contributed by atoms with Gasteiger partial charge in [0.15, 0.2) is 0 Å². The molecule has 1 heteroatoms. The zero-order chi connectivity index (χ0) is 11.0. The molecule has 0 spiro atoms. The largest absolute Gasteiger partial charge is 0.123 e. The van der Waals surface area contributed by atoms with E-state index in [9.17, 15) is 0 Å². The van der Waals surface area contributed by atoms with Crippen molar-refractivity contribution in [2.75, 3.05) is 0 Å². The lowest BCUT2D eigenvalue weighted by atomic mass is 10.0. The van der Waals surface area contributed by atoms with Crippen LogP contribution in [0.25, 0.3) is 11.1 Å². The average Bonchev–Trinajstić information content (AvgIpc) is 2.69. The lowest BCUT2D eigenvalue weighted by Gasteiger charge is -2.06. The van der Waals surface area contributed by atoms with Crippen molar-refractivity contribution in [3.63, 3.8) is 0 Å². The highest BCUT2D eigenvalue weighted by Crippen LogP contribution is 2.21.